The van der Waals surface area contributed by atoms with E-state index in [1.54, 1.807) is 58.0 Å². The summed E-state index contributed by atoms with van der Waals surface area (Å²) in [4.78, 5) is 113. The molecule has 0 saturated carbocycles. The number of cyclic esters (lactones) is 2. The third kappa shape index (κ3) is 18.7. The van der Waals surface area contributed by atoms with Crippen LogP contribution in [0.1, 0.15) is 107 Å². The predicted octanol–water partition coefficient (Wildman–Crippen LogP) is 4.40. The van der Waals surface area contributed by atoms with E-state index in [9.17, 15) is 38.4 Å². The van der Waals surface area contributed by atoms with Crippen LogP contribution in [0, 0.1) is 17.8 Å². The molecule has 0 bridgehead atoms. The topological polar surface area (TPSA) is 228 Å². The molecule has 9 atom stereocenters. The summed E-state index contributed by atoms with van der Waals surface area (Å²) >= 11 is 0. The highest BCUT2D eigenvalue weighted by atomic mass is 16.6. The van der Waals surface area contributed by atoms with Gasteiger partial charge in [0.05, 0.1) is 13.2 Å². The van der Waals surface area contributed by atoms with Crippen LogP contribution in [-0.2, 0) is 58.9 Å². The van der Waals surface area contributed by atoms with E-state index in [-0.39, 0.29) is 43.9 Å². The van der Waals surface area contributed by atoms with Crippen LogP contribution < -0.4 is 21.3 Å². The molecule has 0 aromatic heterocycles. The minimum Gasteiger partial charge on any atom is -0.456 e. The fourth-order valence-corrected chi connectivity index (χ4v) is 7.34. The van der Waals surface area contributed by atoms with Crippen LogP contribution in [-0.4, -0.2) is 140 Å². The lowest BCUT2D eigenvalue weighted by Gasteiger charge is -2.33. The van der Waals surface area contributed by atoms with Crippen molar-refractivity contribution >= 4 is 47.6 Å². The smallest absolute Gasteiger partial charge is 0.407 e. The zero-order valence-electron chi connectivity index (χ0n) is 42.5. The summed E-state index contributed by atoms with van der Waals surface area (Å²) in [6.07, 6.45) is 0.580. The van der Waals surface area contributed by atoms with Gasteiger partial charge in [0, 0.05) is 51.6 Å². The number of carbonyl (C=O) groups excluding carboxylic acids is 8. The molecule has 0 saturated heterocycles. The van der Waals surface area contributed by atoms with Crippen molar-refractivity contribution in [3.63, 3.8) is 0 Å². The van der Waals surface area contributed by atoms with Crippen molar-refractivity contribution in [2.24, 2.45) is 17.8 Å². The number of rotatable bonds is 13. The minimum absolute atomic E-state index is 0.0492. The van der Waals surface area contributed by atoms with E-state index in [0.29, 0.717) is 18.6 Å². The first-order valence-corrected chi connectivity index (χ1v) is 23.7. The molecule has 18 heteroatoms. The lowest BCUT2D eigenvalue weighted by Crippen LogP contribution is -2.57. The van der Waals surface area contributed by atoms with Crippen LogP contribution in [0.2, 0.25) is 0 Å². The molecule has 1 aromatic rings. The van der Waals surface area contributed by atoms with Crippen molar-refractivity contribution in [3.05, 3.63) is 59.2 Å². The average Bonchev–Trinajstić information content (AvgIpc) is 3.30. The summed E-state index contributed by atoms with van der Waals surface area (Å²) in [6, 6.07) is 4.35. The Bertz CT molecular complexity index is 1920. The highest BCUT2D eigenvalue weighted by molar-refractivity contribution is 5.96. The maximum atomic E-state index is 14.2. The van der Waals surface area contributed by atoms with Crippen LogP contribution >= 0.6 is 0 Å². The van der Waals surface area contributed by atoms with Gasteiger partial charge in [0.2, 0.25) is 23.6 Å². The number of benzene rings is 1. The van der Waals surface area contributed by atoms with Gasteiger partial charge in [0.25, 0.3) is 5.91 Å². The van der Waals surface area contributed by atoms with Crippen molar-refractivity contribution in [3.8, 4) is 0 Å². The number of ether oxygens (including phenoxy) is 4. The molecule has 4 N–H and O–H groups in total. The van der Waals surface area contributed by atoms with Crippen LogP contribution in [0.5, 0.6) is 0 Å². The Labute approximate surface area is 403 Å². The number of hydrogen-bond acceptors (Lipinski definition) is 12. The molecular weight excluding hydrogens is 877 g/mol. The van der Waals surface area contributed by atoms with Gasteiger partial charge in [-0.05, 0) is 70.4 Å². The molecule has 1 aromatic carbocycles. The molecule has 2 rings (SSSR count). The number of esters is 2. The van der Waals surface area contributed by atoms with Gasteiger partial charge >= 0.3 is 18.0 Å². The number of nitrogens with one attached hydrogen (secondary N) is 4. The normalized spacial score (nSPS) is 26.4. The lowest BCUT2D eigenvalue weighted by atomic mass is 9.90. The lowest BCUT2D eigenvalue weighted by molar-refractivity contribution is -0.155. The van der Waals surface area contributed by atoms with Gasteiger partial charge in [0.15, 0.2) is 6.10 Å². The van der Waals surface area contributed by atoms with Gasteiger partial charge in [-0.25, -0.2) is 14.4 Å². The molecule has 0 spiro atoms. The first-order chi connectivity index (χ1) is 32.1. The van der Waals surface area contributed by atoms with Gasteiger partial charge < -0.3 is 50.0 Å². The summed E-state index contributed by atoms with van der Waals surface area (Å²) in [5.41, 5.74) is 1.42. The van der Waals surface area contributed by atoms with E-state index in [4.69, 9.17) is 18.9 Å². The van der Waals surface area contributed by atoms with Crippen LogP contribution in [0.15, 0.2) is 53.6 Å². The van der Waals surface area contributed by atoms with Crippen molar-refractivity contribution in [2.75, 3.05) is 40.4 Å². The molecule has 380 valence electrons. The number of likely N-dealkylation sites (N-methyl/N-ethyl adjacent to an activating group) is 2. The molecule has 6 amide bonds. The van der Waals surface area contributed by atoms with Crippen molar-refractivity contribution < 1.29 is 57.3 Å². The quantitative estimate of drug-likeness (QED) is 0.0935. The summed E-state index contributed by atoms with van der Waals surface area (Å²) in [5.74, 6) is -6.16. The zero-order valence-corrected chi connectivity index (χ0v) is 42.5. The Kier molecular flexibility index (Phi) is 25.0. The molecule has 1 aliphatic heterocycles. The molecular formula is C50H78N6O12. The molecule has 0 radical (unpaired) electrons. The van der Waals surface area contributed by atoms with Crippen molar-refractivity contribution in [2.45, 2.75) is 151 Å². The standard InChI is InChI=1S/C50H78N6O12/c1-14-25-65-26-24-51-50(64)67-39-23-22-33(8)48(62)66-40(27-30(4)5)44(58)52-35(10)46(60)56(13)38(28-37-20-18-17-19-21-37)47(61)55(12)29-41(57)54-42(31(6)15-2)45(59)53-36(11)49(63)68-43(34(39)9)32(7)16-3/h16-22,30-31,34-36,38-40,42-43H,14-15,23-29H2,1-13H3,(H,51,64)(H,52,58)(H,53,59)(H,54,57)/b32-16+,33-22+/t31?,34-,35-,36+,38+,39-,40+,42-,43+/m0/s1. The third-order valence-corrected chi connectivity index (χ3v) is 11.9. The molecule has 0 fully saturated rings. The molecule has 1 aliphatic rings. The highest BCUT2D eigenvalue weighted by Gasteiger charge is 2.37. The average molecular weight is 955 g/mol. The van der Waals surface area contributed by atoms with E-state index in [1.807, 2.05) is 33.8 Å². The van der Waals surface area contributed by atoms with Gasteiger partial charge in [0.1, 0.15) is 36.4 Å². The second kappa shape index (κ2) is 29.2. The molecule has 1 heterocycles. The van der Waals surface area contributed by atoms with Gasteiger partial charge in [-0.2, -0.15) is 0 Å². The van der Waals surface area contributed by atoms with Crippen molar-refractivity contribution in [1.29, 1.82) is 0 Å². The van der Waals surface area contributed by atoms with Gasteiger partial charge in [-0.3, -0.25) is 24.0 Å². The molecule has 68 heavy (non-hydrogen) atoms. The van der Waals surface area contributed by atoms with E-state index in [2.05, 4.69) is 21.3 Å². The largest absolute Gasteiger partial charge is 0.456 e. The molecule has 18 nitrogen and oxygen atoms in total. The van der Waals surface area contributed by atoms with Crippen LogP contribution in [0.25, 0.3) is 0 Å². The Morgan fingerprint density at radius 1 is 0.897 bits per heavy atom. The maximum absolute atomic E-state index is 14.2. The second-order valence-electron chi connectivity index (χ2n) is 18.1. The van der Waals surface area contributed by atoms with E-state index in [1.165, 1.54) is 45.8 Å². The maximum Gasteiger partial charge on any atom is 0.407 e. The molecule has 0 aliphatic carbocycles. The minimum atomic E-state index is -1.31. The number of alkyl carbamates (subject to hydrolysis) is 1. The summed E-state index contributed by atoms with van der Waals surface area (Å²) in [6.45, 7) is 19.3. The second-order valence-corrected chi connectivity index (χ2v) is 18.1. The van der Waals surface area contributed by atoms with Crippen LogP contribution in [0.4, 0.5) is 4.79 Å². The summed E-state index contributed by atoms with van der Waals surface area (Å²) in [5, 5.41) is 10.8. The highest BCUT2D eigenvalue weighted by Crippen LogP contribution is 2.26. The fourth-order valence-electron chi connectivity index (χ4n) is 7.34. The molecule has 1 unspecified atom stereocenters. The van der Waals surface area contributed by atoms with Crippen molar-refractivity contribution in [1.82, 2.24) is 31.1 Å². The fraction of sp³-hybridized carbons (Fsp3) is 0.640. The van der Waals surface area contributed by atoms with Gasteiger partial charge in [-0.15, -0.1) is 0 Å². The number of nitrogens with zero attached hydrogens (tertiary/aromatic N) is 2. The third-order valence-electron chi connectivity index (χ3n) is 11.9. The number of carbonyl (C=O) groups is 8. The Morgan fingerprint density at radius 3 is 2.15 bits per heavy atom. The first-order valence-electron chi connectivity index (χ1n) is 23.7. The number of allylic oxidation sites excluding steroid dienone is 1. The first kappa shape index (κ1) is 58.3. The Hall–Kier alpha value is -5.78. The zero-order chi connectivity index (χ0) is 51.2. The van der Waals surface area contributed by atoms with Crippen LogP contribution in [0.3, 0.4) is 0 Å². The SMILES string of the molecule is C/C=C(\C)[C@H]1OC(=O)[C@@H](C)NC(=O)[C@H](C(C)CC)NC(=O)CN(C)C(=O)[C@@H](Cc2ccccc2)N(C)C(=O)[C@H](C)NC(=O)[C@@H](CC(C)C)OC(=O)/C(C)=C/C[C@H](OC(=O)NCCOCCC)[C@@H]1C. The summed E-state index contributed by atoms with van der Waals surface area (Å²) in [7, 11) is 2.84. The Morgan fingerprint density at radius 2 is 1.54 bits per heavy atom. The summed E-state index contributed by atoms with van der Waals surface area (Å²) < 4.78 is 23.2. The van der Waals surface area contributed by atoms with Gasteiger partial charge in [-0.1, -0.05) is 90.4 Å². The predicted molar refractivity (Wildman–Crippen MR) is 257 cm³/mol. The monoisotopic (exact) mass is 955 g/mol. The number of amides is 6. The Balaban J connectivity index is 2.70. The van der Waals surface area contributed by atoms with E-state index in [0.717, 1.165) is 16.9 Å². The number of hydrogen-bond donors (Lipinski definition) is 4. The van der Waals surface area contributed by atoms with E-state index >= 15 is 0 Å². The van der Waals surface area contributed by atoms with E-state index < -0.39 is 108 Å².